The second-order valence-corrected chi connectivity index (χ2v) is 8.36. The first-order valence-electron chi connectivity index (χ1n) is 10.9. The molecule has 2 aromatic rings. The molecule has 0 unspecified atom stereocenters. The number of imidazole rings is 1. The number of likely N-dealkylation sites (tertiary alicyclic amines) is 1. The van der Waals surface area contributed by atoms with Crippen molar-refractivity contribution in [3.05, 3.63) is 72.1 Å². The Labute approximate surface area is 182 Å². The number of rotatable bonds is 5. The zero-order valence-electron chi connectivity index (χ0n) is 18.0. The fourth-order valence-corrected chi connectivity index (χ4v) is 4.13. The van der Waals surface area contributed by atoms with E-state index in [2.05, 4.69) is 60.9 Å². The Kier molecular flexibility index (Phi) is 5.02. The number of benzene rings is 2. The van der Waals surface area contributed by atoms with Crippen LogP contribution in [-0.4, -0.2) is 38.4 Å². The first kappa shape index (κ1) is 19.5. The number of hydrogen-bond donors (Lipinski definition) is 0. The average Bonchev–Trinajstić information content (AvgIpc) is 3.39. The lowest BCUT2D eigenvalue weighted by Crippen LogP contribution is -2.28. The van der Waals surface area contributed by atoms with Crippen LogP contribution in [0.1, 0.15) is 24.0 Å². The minimum Gasteiger partial charge on any atom is -0.350 e. The van der Waals surface area contributed by atoms with Crippen molar-refractivity contribution in [3.63, 3.8) is 0 Å². The molecule has 0 atom stereocenters. The van der Waals surface area contributed by atoms with Gasteiger partial charge in [-0.1, -0.05) is 42.5 Å². The smallest absolute Gasteiger partial charge is 0.222 e. The van der Waals surface area contributed by atoms with E-state index in [1.807, 2.05) is 23.4 Å². The predicted octanol–water partition coefficient (Wildman–Crippen LogP) is 4.96. The first-order chi connectivity index (χ1) is 15.1. The van der Waals surface area contributed by atoms with Gasteiger partial charge in [-0.3, -0.25) is 4.79 Å². The SMILES string of the molecule is Cc1ccc(-c2ccc(-c3nc4ccn(CCN5CCCC5=O)cc-4n3)cc2)cc1C. The fraction of sp³-hybridized carbons (Fsp3) is 0.269. The molecule has 0 saturated carbocycles. The molecule has 1 amide bonds. The number of pyridine rings is 1. The molecular weight excluding hydrogens is 384 g/mol. The van der Waals surface area contributed by atoms with E-state index >= 15 is 0 Å². The van der Waals surface area contributed by atoms with E-state index in [1.165, 1.54) is 22.3 Å². The molecule has 3 heterocycles. The molecule has 156 valence electrons. The summed E-state index contributed by atoms with van der Waals surface area (Å²) in [5.74, 6) is 1.01. The summed E-state index contributed by atoms with van der Waals surface area (Å²) in [5.41, 5.74) is 7.80. The van der Waals surface area contributed by atoms with Crippen molar-refractivity contribution in [2.75, 3.05) is 13.1 Å². The summed E-state index contributed by atoms with van der Waals surface area (Å²) in [5, 5.41) is 0. The number of aromatic nitrogens is 3. The third kappa shape index (κ3) is 3.96. The van der Waals surface area contributed by atoms with Crippen LogP contribution in [0.5, 0.6) is 0 Å². The lowest BCUT2D eigenvalue weighted by molar-refractivity contribution is -0.127. The van der Waals surface area contributed by atoms with Gasteiger partial charge in [0.15, 0.2) is 5.82 Å². The van der Waals surface area contributed by atoms with Crippen LogP contribution < -0.4 is 0 Å². The fourth-order valence-electron chi connectivity index (χ4n) is 4.13. The maximum absolute atomic E-state index is 11.8. The Morgan fingerprint density at radius 1 is 0.839 bits per heavy atom. The number of aryl methyl sites for hydroxylation is 2. The van der Waals surface area contributed by atoms with Crippen molar-refractivity contribution < 1.29 is 4.79 Å². The van der Waals surface area contributed by atoms with Gasteiger partial charge in [0.2, 0.25) is 5.91 Å². The molecule has 0 N–H and O–H groups in total. The van der Waals surface area contributed by atoms with Gasteiger partial charge in [0, 0.05) is 44.0 Å². The second-order valence-electron chi connectivity index (χ2n) is 8.36. The summed E-state index contributed by atoms with van der Waals surface area (Å²) in [4.78, 5) is 23.2. The molecule has 2 aromatic carbocycles. The summed E-state index contributed by atoms with van der Waals surface area (Å²) in [7, 11) is 0. The van der Waals surface area contributed by atoms with Crippen LogP contribution in [0.3, 0.4) is 0 Å². The number of nitrogens with zero attached hydrogens (tertiary/aromatic N) is 4. The summed E-state index contributed by atoms with van der Waals surface area (Å²) >= 11 is 0. The van der Waals surface area contributed by atoms with Gasteiger partial charge in [0.05, 0.1) is 5.69 Å². The summed E-state index contributed by atoms with van der Waals surface area (Å²) < 4.78 is 2.09. The second kappa shape index (κ2) is 7.99. The highest BCUT2D eigenvalue weighted by atomic mass is 16.2. The summed E-state index contributed by atoms with van der Waals surface area (Å²) in [6, 6.07) is 17.0. The monoisotopic (exact) mass is 410 g/mol. The molecule has 0 aliphatic carbocycles. The van der Waals surface area contributed by atoms with Crippen LogP contribution >= 0.6 is 0 Å². The van der Waals surface area contributed by atoms with E-state index in [-0.39, 0.29) is 5.91 Å². The Bertz CT molecular complexity index is 1210. The van der Waals surface area contributed by atoms with Crippen LogP contribution in [0.2, 0.25) is 0 Å². The minimum absolute atomic E-state index is 0.265. The predicted molar refractivity (Wildman–Crippen MR) is 123 cm³/mol. The Morgan fingerprint density at radius 3 is 2.32 bits per heavy atom. The van der Waals surface area contributed by atoms with E-state index in [1.54, 1.807) is 0 Å². The van der Waals surface area contributed by atoms with Crippen molar-refractivity contribution >= 4 is 5.91 Å². The highest BCUT2D eigenvalue weighted by Crippen LogP contribution is 2.28. The number of fused-ring (bicyclic) bond motifs is 1. The van der Waals surface area contributed by atoms with Crippen molar-refractivity contribution in [2.24, 2.45) is 0 Å². The Hall–Kier alpha value is -3.47. The van der Waals surface area contributed by atoms with E-state index in [0.717, 1.165) is 48.8 Å². The van der Waals surface area contributed by atoms with Gasteiger partial charge in [-0.15, -0.1) is 0 Å². The zero-order valence-corrected chi connectivity index (χ0v) is 18.0. The first-order valence-corrected chi connectivity index (χ1v) is 10.9. The van der Waals surface area contributed by atoms with E-state index in [9.17, 15) is 4.79 Å². The molecular formula is C26H26N4O. The van der Waals surface area contributed by atoms with Gasteiger partial charge >= 0.3 is 0 Å². The summed E-state index contributed by atoms with van der Waals surface area (Å²) in [6.45, 7) is 6.67. The molecule has 3 aliphatic rings. The minimum atomic E-state index is 0.265. The third-order valence-corrected chi connectivity index (χ3v) is 6.21. The van der Waals surface area contributed by atoms with E-state index in [4.69, 9.17) is 9.97 Å². The van der Waals surface area contributed by atoms with Crippen molar-refractivity contribution in [1.29, 1.82) is 0 Å². The van der Waals surface area contributed by atoms with Crippen molar-refractivity contribution in [2.45, 2.75) is 33.2 Å². The van der Waals surface area contributed by atoms with Crippen LogP contribution in [0.15, 0.2) is 60.9 Å². The zero-order chi connectivity index (χ0) is 21.4. The molecule has 5 rings (SSSR count). The van der Waals surface area contributed by atoms with Crippen LogP contribution in [0.4, 0.5) is 0 Å². The van der Waals surface area contributed by atoms with Crippen LogP contribution in [0, 0.1) is 13.8 Å². The van der Waals surface area contributed by atoms with E-state index in [0.29, 0.717) is 6.42 Å². The highest BCUT2D eigenvalue weighted by Gasteiger charge is 2.19. The molecule has 1 fully saturated rings. The van der Waals surface area contributed by atoms with Crippen molar-refractivity contribution in [3.8, 4) is 33.9 Å². The Morgan fingerprint density at radius 2 is 1.58 bits per heavy atom. The third-order valence-electron chi connectivity index (χ3n) is 6.21. The molecule has 0 spiro atoms. The van der Waals surface area contributed by atoms with E-state index < -0.39 is 0 Å². The maximum atomic E-state index is 11.8. The average molecular weight is 411 g/mol. The van der Waals surface area contributed by atoms with Gasteiger partial charge in [-0.2, -0.15) is 0 Å². The molecule has 5 heteroatoms. The lowest BCUT2D eigenvalue weighted by Gasteiger charge is -2.16. The Balaban J connectivity index is 1.34. The molecule has 5 nitrogen and oxygen atoms in total. The van der Waals surface area contributed by atoms with Gasteiger partial charge < -0.3 is 9.47 Å². The normalized spacial score (nSPS) is 14.0. The van der Waals surface area contributed by atoms with Crippen LogP contribution in [-0.2, 0) is 11.3 Å². The number of carbonyl (C=O) groups excluding carboxylic acids is 1. The van der Waals surface area contributed by atoms with Gasteiger partial charge in [0.1, 0.15) is 5.69 Å². The standard InChI is InChI=1S/C26H26N4O/c1-18-5-6-22(16-19(18)2)20-7-9-21(10-8-20)26-27-23-11-13-29(17-24(23)28-26)14-15-30-12-3-4-25(30)31/h5-11,13,16-17H,3-4,12,14-15H2,1-2H3. The largest absolute Gasteiger partial charge is 0.350 e. The topological polar surface area (TPSA) is 51.0 Å². The molecule has 31 heavy (non-hydrogen) atoms. The quantitative estimate of drug-likeness (QED) is 0.467. The maximum Gasteiger partial charge on any atom is 0.222 e. The highest BCUT2D eigenvalue weighted by molar-refractivity contribution is 5.78. The van der Waals surface area contributed by atoms with Crippen LogP contribution in [0.25, 0.3) is 33.9 Å². The van der Waals surface area contributed by atoms with Gasteiger partial charge in [-0.25, -0.2) is 9.97 Å². The number of carbonyl (C=O) groups is 1. The lowest BCUT2D eigenvalue weighted by atomic mass is 9.99. The van der Waals surface area contributed by atoms with Gasteiger partial charge in [0.25, 0.3) is 0 Å². The molecule has 0 bridgehead atoms. The molecule has 0 aromatic heterocycles. The summed E-state index contributed by atoms with van der Waals surface area (Å²) in [6.07, 6.45) is 5.70. The van der Waals surface area contributed by atoms with Gasteiger partial charge in [-0.05, 0) is 48.6 Å². The molecule has 0 radical (unpaired) electrons. The molecule has 3 aliphatic heterocycles. The number of amides is 1. The number of hydrogen-bond acceptors (Lipinski definition) is 3. The molecule has 1 saturated heterocycles. The van der Waals surface area contributed by atoms with Crippen molar-refractivity contribution in [1.82, 2.24) is 19.4 Å².